The zero-order chi connectivity index (χ0) is 18.8. The van der Waals surface area contributed by atoms with Crippen molar-refractivity contribution in [1.82, 2.24) is 16.0 Å². The number of benzene rings is 1. The highest BCUT2D eigenvalue weighted by atomic mass is 16.4. The first-order valence-corrected chi connectivity index (χ1v) is 7.91. The number of carbonyl (C=O) groups excluding carboxylic acids is 3. The highest BCUT2D eigenvalue weighted by molar-refractivity contribution is 6.07. The summed E-state index contributed by atoms with van der Waals surface area (Å²) < 4.78 is 0. The number of nitrogens with one attached hydrogen (secondary N) is 3. The minimum absolute atomic E-state index is 0.119. The van der Waals surface area contributed by atoms with E-state index >= 15 is 0 Å². The Morgan fingerprint density at radius 1 is 1.20 bits per heavy atom. The Morgan fingerprint density at radius 3 is 2.24 bits per heavy atom. The van der Waals surface area contributed by atoms with E-state index in [1.165, 1.54) is 12.1 Å². The van der Waals surface area contributed by atoms with Gasteiger partial charge in [0.1, 0.15) is 11.6 Å². The summed E-state index contributed by atoms with van der Waals surface area (Å²) in [6.45, 7) is 5.31. The van der Waals surface area contributed by atoms with Gasteiger partial charge in [-0.3, -0.25) is 14.9 Å². The SMILES string of the molecule is CC(C)CC(NC(=O)c1ccc(C2(C)NC(=O)NC2=O)cc1)C(=O)O. The fourth-order valence-corrected chi connectivity index (χ4v) is 2.64. The summed E-state index contributed by atoms with van der Waals surface area (Å²) in [7, 11) is 0. The molecule has 2 atom stereocenters. The van der Waals surface area contributed by atoms with Crippen LogP contribution in [0.5, 0.6) is 0 Å². The highest BCUT2D eigenvalue weighted by Crippen LogP contribution is 2.24. The topological polar surface area (TPSA) is 125 Å². The predicted molar refractivity (Wildman–Crippen MR) is 88.8 cm³/mol. The molecule has 134 valence electrons. The first-order valence-electron chi connectivity index (χ1n) is 7.91. The van der Waals surface area contributed by atoms with Crippen LogP contribution in [-0.2, 0) is 15.1 Å². The lowest BCUT2D eigenvalue weighted by atomic mass is 9.91. The van der Waals surface area contributed by atoms with Crippen LogP contribution in [0.3, 0.4) is 0 Å². The average Bonchev–Trinajstić information content (AvgIpc) is 2.79. The molecule has 0 saturated carbocycles. The lowest BCUT2D eigenvalue weighted by Crippen LogP contribution is -2.42. The molecule has 2 unspecified atom stereocenters. The van der Waals surface area contributed by atoms with Gasteiger partial charge >= 0.3 is 12.0 Å². The van der Waals surface area contributed by atoms with Gasteiger partial charge in [0.25, 0.3) is 11.8 Å². The van der Waals surface area contributed by atoms with Gasteiger partial charge in [-0.05, 0) is 37.0 Å². The van der Waals surface area contributed by atoms with Crippen molar-refractivity contribution in [3.8, 4) is 0 Å². The van der Waals surface area contributed by atoms with E-state index < -0.39 is 35.4 Å². The second-order valence-electron chi connectivity index (χ2n) is 6.60. The molecule has 1 saturated heterocycles. The lowest BCUT2D eigenvalue weighted by molar-refractivity contribution is -0.139. The third-order valence-electron chi connectivity index (χ3n) is 4.08. The van der Waals surface area contributed by atoms with Gasteiger partial charge in [-0.1, -0.05) is 26.0 Å². The molecular formula is C17H21N3O5. The third-order valence-corrected chi connectivity index (χ3v) is 4.08. The number of hydrogen-bond acceptors (Lipinski definition) is 4. The van der Waals surface area contributed by atoms with Gasteiger partial charge < -0.3 is 15.7 Å². The Balaban J connectivity index is 2.14. The molecule has 1 aromatic rings. The van der Waals surface area contributed by atoms with Gasteiger partial charge in [0.05, 0.1) is 0 Å². The minimum atomic E-state index is -1.20. The van der Waals surface area contributed by atoms with Crippen molar-refractivity contribution in [2.75, 3.05) is 0 Å². The van der Waals surface area contributed by atoms with E-state index in [9.17, 15) is 24.3 Å². The highest BCUT2D eigenvalue weighted by Gasteiger charge is 2.43. The van der Waals surface area contributed by atoms with Crippen molar-refractivity contribution in [3.05, 3.63) is 35.4 Å². The molecule has 0 radical (unpaired) electrons. The lowest BCUT2D eigenvalue weighted by Gasteiger charge is -2.21. The molecule has 0 aromatic heterocycles. The van der Waals surface area contributed by atoms with Crippen molar-refractivity contribution in [3.63, 3.8) is 0 Å². The Kier molecular flexibility index (Phi) is 5.10. The summed E-state index contributed by atoms with van der Waals surface area (Å²) in [5.41, 5.74) is -0.413. The zero-order valence-corrected chi connectivity index (χ0v) is 14.3. The second kappa shape index (κ2) is 6.92. The maximum Gasteiger partial charge on any atom is 0.326 e. The van der Waals surface area contributed by atoms with Crippen molar-refractivity contribution in [2.45, 2.75) is 38.8 Å². The largest absolute Gasteiger partial charge is 0.480 e. The predicted octanol–water partition coefficient (Wildman–Crippen LogP) is 0.970. The molecule has 1 aliphatic rings. The number of urea groups is 1. The van der Waals surface area contributed by atoms with E-state index in [0.717, 1.165) is 0 Å². The summed E-state index contributed by atoms with van der Waals surface area (Å²) in [4.78, 5) is 46.7. The Bertz CT molecular complexity index is 713. The molecule has 25 heavy (non-hydrogen) atoms. The van der Waals surface area contributed by atoms with Crippen molar-refractivity contribution >= 4 is 23.8 Å². The Hall–Kier alpha value is -2.90. The van der Waals surface area contributed by atoms with Crippen molar-refractivity contribution in [2.24, 2.45) is 5.92 Å². The maximum absolute atomic E-state index is 12.2. The molecule has 1 aliphatic heterocycles. The van der Waals surface area contributed by atoms with E-state index in [0.29, 0.717) is 12.0 Å². The average molecular weight is 347 g/mol. The normalized spacial score (nSPS) is 20.8. The maximum atomic E-state index is 12.2. The smallest absolute Gasteiger partial charge is 0.326 e. The van der Waals surface area contributed by atoms with E-state index in [1.54, 1.807) is 19.1 Å². The summed E-state index contributed by atoms with van der Waals surface area (Å²) in [5, 5.41) is 16.4. The molecule has 8 nitrogen and oxygen atoms in total. The van der Waals surface area contributed by atoms with Crippen molar-refractivity contribution < 1.29 is 24.3 Å². The van der Waals surface area contributed by atoms with E-state index in [-0.39, 0.29) is 11.5 Å². The number of amides is 4. The zero-order valence-electron chi connectivity index (χ0n) is 14.3. The van der Waals surface area contributed by atoms with Gasteiger partial charge in [-0.25, -0.2) is 9.59 Å². The first-order chi connectivity index (χ1) is 11.6. The number of hydrogen-bond donors (Lipinski definition) is 4. The molecule has 1 fully saturated rings. The standard InChI is InChI=1S/C17H21N3O5/c1-9(2)8-12(14(22)23)18-13(21)10-4-6-11(7-5-10)17(3)15(24)19-16(25)20-17/h4-7,9,12H,8H2,1-3H3,(H,18,21)(H,22,23)(H2,19,20,24,25). The van der Waals surface area contributed by atoms with Crippen LogP contribution in [0.15, 0.2) is 24.3 Å². The minimum Gasteiger partial charge on any atom is -0.480 e. The van der Waals surface area contributed by atoms with E-state index in [1.807, 2.05) is 13.8 Å². The second-order valence-corrected chi connectivity index (χ2v) is 6.60. The Morgan fingerprint density at radius 2 is 1.80 bits per heavy atom. The number of carbonyl (C=O) groups is 4. The fourth-order valence-electron chi connectivity index (χ4n) is 2.64. The third kappa shape index (κ3) is 3.96. The molecule has 0 bridgehead atoms. The quantitative estimate of drug-likeness (QED) is 0.571. The number of aliphatic carboxylic acids is 1. The number of carboxylic acids is 1. The molecule has 0 spiro atoms. The van der Waals surface area contributed by atoms with Gasteiger partial charge in [0, 0.05) is 5.56 Å². The van der Waals surface area contributed by atoms with Gasteiger partial charge in [0.2, 0.25) is 0 Å². The van der Waals surface area contributed by atoms with Gasteiger partial charge in [-0.2, -0.15) is 0 Å². The summed E-state index contributed by atoms with van der Waals surface area (Å²) >= 11 is 0. The van der Waals surface area contributed by atoms with Crippen LogP contribution >= 0.6 is 0 Å². The van der Waals surface area contributed by atoms with Gasteiger partial charge in [0.15, 0.2) is 0 Å². The molecule has 0 aliphatic carbocycles. The molecule has 2 rings (SSSR count). The van der Waals surface area contributed by atoms with Crippen LogP contribution in [0.25, 0.3) is 0 Å². The van der Waals surface area contributed by atoms with Crippen LogP contribution in [0, 0.1) is 5.92 Å². The van der Waals surface area contributed by atoms with Crippen LogP contribution in [0.2, 0.25) is 0 Å². The van der Waals surface area contributed by atoms with Crippen LogP contribution < -0.4 is 16.0 Å². The van der Waals surface area contributed by atoms with Crippen LogP contribution in [0.4, 0.5) is 4.79 Å². The molecule has 4 N–H and O–H groups in total. The van der Waals surface area contributed by atoms with Gasteiger partial charge in [-0.15, -0.1) is 0 Å². The molecule has 8 heteroatoms. The molecule has 1 heterocycles. The number of rotatable bonds is 6. The summed E-state index contributed by atoms with van der Waals surface area (Å²) in [6.07, 6.45) is 0.323. The molecule has 1 aromatic carbocycles. The Labute approximate surface area is 145 Å². The summed E-state index contributed by atoms with van der Waals surface area (Å²) in [6, 6.07) is 4.54. The molecule has 4 amide bonds. The van der Waals surface area contributed by atoms with Crippen LogP contribution in [-0.4, -0.2) is 35.0 Å². The van der Waals surface area contributed by atoms with Crippen LogP contribution in [0.1, 0.15) is 43.1 Å². The first kappa shape index (κ1) is 18.4. The number of imide groups is 1. The monoisotopic (exact) mass is 347 g/mol. The van der Waals surface area contributed by atoms with Crippen molar-refractivity contribution in [1.29, 1.82) is 0 Å². The number of carboxylic acid groups (broad SMARTS) is 1. The fraction of sp³-hybridized carbons (Fsp3) is 0.412. The van der Waals surface area contributed by atoms with E-state index in [4.69, 9.17) is 0 Å². The molecular weight excluding hydrogens is 326 g/mol. The summed E-state index contributed by atoms with van der Waals surface area (Å²) in [5.74, 6) is -1.95. The van der Waals surface area contributed by atoms with E-state index in [2.05, 4.69) is 16.0 Å².